The van der Waals surface area contributed by atoms with Crippen LogP contribution in [0.1, 0.15) is 51.0 Å². The third-order valence-corrected chi connectivity index (χ3v) is 6.36. The van der Waals surface area contributed by atoms with Crippen LogP contribution in [-0.4, -0.2) is 6.04 Å². The Bertz CT molecular complexity index is 467. The van der Waals surface area contributed by atoms with E-state index in [2.05, 4.69) is 18.4 Å². The van der Waals surface area contributed by atoms with Gasteiger partial charge < -0.3 is 4.42 Å². The molecule has 3 atom stereocenters. The first-order chi connectivity index (χ1) is 9.61. The molecule has 3 N–H and O–H groups in total. The lowest BCUT2D eigenvalue weighted by Gasteiger charge is -2.63. The Hall–Kier alpha value is -0.800. The van der Waals surface area contributed by atoms with Gasteiger partial charge in [0, 0.05) is 6.04 Å². The molecule has 0 saturated heterocycles. The zero-order chi connectivity index (χ0) is 13.8. The fourth-order valence-electron chi connectivity index (χ4n) is 6.30. The van der Waals surface area contributed by atoms with Crippen molar-refractivity contribution in [2.75, 3.05) is 0 Å². The fraction of sp³-hybridized carbons (Fsp3) is 0.765. The van der Waals surface area contributed by atoms with Gasteiger partial charge >= 0.3 is 0 Å². The smallest absolute Gasteiger partial charge is 0.0935 e. The molecule has 3 nitrogen and oxygen atoms in total. The maximum absolute atomic E-state index is 5.97. The fourth-order valence-corrected chi connectivity index (χ4v) is 6.30. The third kappa shape index (κ3) is 1.94. The van der Waals surface area contributed by atoms with Crippen molar-refractivity contribution in [1.29, 1.82) is 0 Å². The molecule has 1 aromatic heterocycles. The molecular formula is C17H26N2O. The Labute approximate surface area is 121 Å². The summed E-state index contributed by atoms with van der Waals surface area (Å²) in [6, 6.07) is 2.47. The first-order valence-electron chi connectivity index (χ1n) is 8.08. The largest absolute Gasteiger partial charge is 0.472 e. The molecule has 20 heavy (non-hydrogen) atoms. The number of hydrazine groups is 1. The summed E-state index contributed by atoms with van der Waals surface area (Å²) in [6.45, 7) is 2.52. The second kappa shape index (κ2) is 4.35. The Morgan fingerprint density at radius 3 is 2.65 bits per heavy atom. The summed E-state index contributed by atoms with van der Waals surface area (Å²) < 4.78 is 5.23. The highest BCUT2D eigenvalue weighted by Crippen LogP contribution is 2.66. The number of nitrogens with one attached hydrogen (secondary N) is 1. The average molecular weight is 274 g/mol. The van der Waals surface area contributed by atoms with E-state index in [1.807, 2.05) is 6.26 Å². The summed E-state index contributed by atoms with van der Waals surface area (Å²) in [4.78, 5) is 0. The summed E-state index contributed by atoms with van der Waals surface area (Å²) in [5.74, 6) is 7.86. The summed E-state index contributed by atoms with van der Waals surface area (Å²) in [6.07, 6.45) is 13.1. The van der Waals surface area contributed by atoms with Gasteiger partial charge in [0.25, 0.3) is 0 Å². The first-order valence-corrected chi connectivity index (χ1v) is 8.08. The number of hydrogen-bond donors (Lipinski definition) is 2. The van der Waals surface area contributed by atoms with Crippen molar-refractivity contribution >= 4 is 0 Å². The molecule has 1 aromatic rings. The Morgan fingerprint density at radius 1 is 1.35 bits per heavy atom. The molecule has 3 unspecified atom stereocenters. The predicted molar refractivity (Wildman–Crippen MR) is 78.7 cm³/mol. The summed E-state index contributed by atoms with van der Waals surface area (Å²) in [7, 11) is 0. The lowest BCUT2D eigenvalue weighted by atomic mass is 9.43. The van der Waals surface area contributed by atoms with Crippen molar-refractivity contribution in [2.24, 2.45) is 28.5 Å². The Balaban J connectivity index is 1.62. The van der Waals surface area contributed by atoms with Crippen LogP contribution in [-0.2, 0) is 6.42 Å². The van der Waals surface area contributed by atoms with E-state index in [0.717, 1.165) is 18.3 Å². The van der Waals surface area contributed by atoms with Crippen molar-refractivity contribution in [1.82, 2.24) is 5.43 Å². The van der Waals surface area contributed by atoms with Crippen LogP contribution in [0, 0.1) is 22.7 Å². The average Bonchev–Trinajstić information content (AvgIpc) is 2.85. The molecule has 0 spiro atoms. The molecule has 1 heterocycles. The molecule has 3 heteroatoms. The second-order valence-electron chi connectivity index (χ2n) is 8.19. The van der Waals surface area contributed by atoms with Gasteiger partial charge in [-0.2, -0.15) is 0 Å². The van der Waals surface area contributed by atoms with E-state index in [1.165, 1.54) is 44.1 Å². The molecule has 4 bridgehead atoms. The Kier molecular flexibility index (Phi) is 2.80. The second-order valence-corrected chi connectivity index (χ2v) is 8.19. The summed E-state index contributed by atoms with van der Waals surface area (Å²) >= 11 is 0. The van der Waals surface area contributed by atoms with Gasteiger partial charge in [-0.15, -0.1) is 0 Å². The topological polar surface area (TPSA) is 51.2 Å². The maximum Gasteiger partial charge on any atom is 0.0935 e. The minimum Gasteiger partial charge on any atom is -0.472 e. The van der Waals surface area contributed by atoms with E-state index in [0.29, 0.717) is 16.9 Å². The molecule has 4 saturated carbocycles. The van der Waals surface area contributed by atoms with Crippen molar-refractivity contribution in [2.45, 2.75) is 57.9 Å². The van der Waals surface area contributed by atoms with Gasteiger partial charge in [-0.05, 0) is 79.2 Å². The van der Waals surface area contributed by atoms with Gasteiger partial charge in [0.05, 0.1) is 12.5 Å². The molecule has 4 aliphatic carbocycles. The van der Waals surface area contributed by atoms with Crippen LogP contribution in [0.25, 0.3) is 0 Å². The highest BCUT2D eigenvalue weighted by Gasteiger charge is 2.58. The number of rotatable bonds is 4. The molecule has 4 aliphatic rings. The zero-order valence-corrected chi connectivity index (χ0v) is 12.4. The molecular weight excluding hydrogens is 248 g/mol. The van der Waals surface area contributed by atoms with Crippen molar-refractivity contribution in [3.8, 4) is 0 Å². The van der Waals surface area contributed by atoms with E-state index < -0.39 is 0 Å². The van der Waals surface area contributed by atoms with Gasteiger partial charge in [0.1, 0.15) is 0 Å². The van der Waals surface area contributed by atoms with Crippen LogP contribution in [0.2, 0.25) is 0 Å². The standard InChI is InChI=1S/C17H26N2O/c1-16-6-13-4-14(7-16)9-17(8-13,11-16)15(19-18)5-12-2-3-20-10-12/h2-3,10,13-15,19H,4-9,11,18H2,1H3. The number of hydrogen-bond acceptors (Lipinski definition) is 3. The summed E-state index contributed by atoms with van der Waals surface area (Å²) in [5.41, 5.74) is 5.45. The van der Waals surface area contributed by atoms with Crippen LogP contribution in [0.3, 0.4) is 0 Å². The molecule has 110 valence electrons. The molecule has 0 aromatic carbocycles. The van der Waals surface area contributed by atoms with Crippen molar-refractivity contribution in [3.05, 3.63) is 24.2 Å². The van der Waals surface area contributed by atoms with Crippen molar-refractivity contribution in [3.63, 3.8) is 0 Å². The number of furan rings is 1. The van der Waals surface area contributed by atoms with Gasteiger partial charge in [-0.25, -0.2) is 0 Å². The quantitative estimate of drug-likeness (QED) is 0.654. The van der Waals surface area contributed by atoms with Crippen LogP contribution < -0.4 is 11.3 Å². The van der Waals surface area contributed by atoms with Gasteiger partial charge in [-0.3, -0.25) is 11.3 Å². The van der Waals surface area contributed by atoms with Gasteiger partial charge in [-0.1, -0.05) is 6.92 Å². The molecule has 0 radical (unpaired) electrons. The molecule has 5 rings (SSSR count). The minimum absolute atomic E-state index is 0.394. The van der Waals surface area contributed by atoms with E-state index >= 15 is 0 Å². The van der Waals surface area contributed by atoms with Crippen LogP contribution in [0.5, 0.6) is 0 Å². The van der Waals surface area contributed by atoms with Crippen LogP contribution in [0.15, 0.2) is 23.0 Å². The normalized spacial score (nSPS) is 43.9. The lowest BCUT2D eigenvalue weighted by molar-refractivity contribution is -0.118. The lowest BCUT2D eigenvalue weighted by Crippen LogP contribution is -2.60. The van der Waals surface area contributed by atoms with Crippen LogP contribution in [0.4, 0.5) is 0 Å². The SMILES string of the molecule is CC12CC3CC(C1)CC(C(Cc1ccoc1)NN)(C3)C2. The van der Waals surface area contributed by atoms with E-state index in [4.69, 9.17) is 10.3 Å². The predicted octanol–water partition coefficient (Wildman–Crippen LogP) is 3.26. The summed E-state index contributed by atoms with van der Waals surface area (Å²) in [5, 5.41) is 0. The van der Waals surface area contributed by atoms with Crippen LogP contribution >= 0.6 is 0 Å². The highest BCUT2D eigenvalue weighted by molar-refractivity contribution is 5.14. The highest BCUT2D eigenvalue weighted by atomic mass is 16.3. The van der Waals surface area contributed by atoms with E-state index in [9.17, 15) is 0 Å². The molecule has 0 amide bonds. The van der Waals surface area contributed by atoms with E-state index in [-0.39, 0.29) is 0 Å². The monoisotopic (exact) mass is 274 g/mol. The Morgan fingerprint density at radius 2 is 2.10 bits per heavy atom. The third-order valence-electron chi connectivity index (χ3n) is 6.36. The van der Waals surface area contributed by atoms with Gasteiger partial charge in [0.2, 0.25) is 0 Å². The first kappa shape index (κ1) is 12.9. The van der Waals surface area contributed by atoms with Gasteiger partial charge in [0.15, 0.2) is 0 Å². The van der Waals surface area contributed by atoms with E-state index in [1.54, 1.807) is 6.26 Å². The van der Waals surface area contributed by atoms with Crippen molar-refractivity contribution < 1.29 is 4.42 Å². The molecule has 0 aliphatic heterocycles. The molecule has 4 fully saturated rings. The minimum atomic E-state index is 0.394. The number of nitrogens with two attached hydrogens (primary N) is 1. The maximum atomic E-state index is 5.97. The zero-order valence-electron chi connectivity index (χ0n) is 12.4.